The first-order valence-electron chi connectivity index (χ1n) is 6.64. The lowest BCUT2D eigenvalue weighted by molar-refractivity contribution is 0.602. The molecule has 3 rings (SSSR count). The maximum Gasteiger partial charge on any atom is 0.0672 e. The van der Waals surface area contributed by atoms with E-state index in [1.165, 1.54) is 35.0 Å². The molecule has 0 spiro atoms. The molecule has 2 nitrogen and oxygen atoms in total. The minimum Gasteiger partial charge on any atom is -0.346 e. The highest BCUT2D eigenvalue weighted by molar-refractivity contribution is 6.35. The molecule has 0 saturated carbocycles. The minimum absolute atomic E-state index is 0.633. The van der Waals surface area contributed by atoms with E-state index in [1.807, 2.05) is 6.07 Å². The van der Waals surface area contributed by atoms with Crippen LogP contribution in [0.2, 0.25) is 5.02 Å². The van der Waals surface area contributed by atoms with Gasteiger partial charge in [0.15, 0.2) is 0 Å². The van der Waals surface area contributed by atoms with Crippen molar-refractivity contribution in [1.29, 1.82) is 0 Å². The van der Waals surface area contributed by atoms with Gasteiger partial charge in [0.25, 0.3) is 0 Å². The van der Waals surface area contributed by atoms with Crippen molar-refractivity contribution < 1.29 is 0 Å². The third-order valence-electron chi connectivity index (χ3n) is 4.20. The Balaban J connectivity index is 2.10. The predicted molar refractivity (Wildman–Crippen MR) is 77.4 cm³/mol. The summed E-state index contributed by atoms with van der Waals surface area (Å²) < 4.78 is 2.22. The van der Waals surface area contributed by atoms with E-state index in [9.17, 15) is 0 Å². The molecule has 18 heavy (non-hydrogen) atoms. The second-order valence-corrected chi connectivity index (χ2v) is 5.66. The van der Waals surface area contributed by atoms with Crippen LogP contribution in [0, 0.1) is 6.92 Å². The first-order valence-corrected chi connectivity index (χ1v) is 7.02. The molecule has 0 radical (unpaired) electrons. The van der Waals surface area contributed by atoms with E-state index in [4.69, 9.17) is 11.6 Å². The van der Waals surface area contributed by atoms with Crippen LogP contribution in [0.25, 0.3) is 10.9 Å². The molecular weight excluding hydrogens is 244 g/mol. The number of para-hydroxylation sites is 1. The Hall–Kier alpha value is -0.990. The average Bonchev–Trinajstić information content (AvgIpc) is 2.94. The topological polar surface area (TPSA) is 17.0 Å². The summed E-state index contributed by atoms with van der Waals surface area (Å²) in [6, 6.07) is 6.85. The van der Waals surface area contributed by atoms with Crippen molar-refractivity contribution in [3.8, 4) is 0 Å². The molecular formula is C15H19ClN2. The van der Waals surface area contributed by atoms with Gasteiger partial charge < -0.3 is 9.88 Å². The Morgan fingerprint density at radius 3 is 3.00 bits per heavy atom. The molecule has 1 saturated heterocycles. The van der Waals surface area contributed by atoms with Gasteiger partial charge in [0, 0.05) is 24.2 Å². The first-order chi connectivity index (χ1) is 8.68. The molecule has 1 aliphatic rings. The fraction of sp³-hybridized carbons (Fsp3) is 0.467. The zero-order valence-corrected chi connectivity index (χ0v) is 11.7. The number of nitrogens with one attached hydrogen (secondary N) is 1. The van der Waals surface area contributed by atoms with Crippen LogP contribution in [0.4, 0.5) is 0 Å². The normalized spacial score (nSPS) is 19.8. The molecule has 1 aromatic carbocycles. The molecule has 0 aliphatic carbocycles. The molecule has 2 aromatic rings. The molecule has 1 fully saturated rings. The number of aryl methyl sites for hydroxylation is 1. The van der Waals surface area contributed by atoms with Crippen LogP contribution in [0.3, 0.4) is 0 Å². The van der Waals surface area contributed by atoms with Gasteiger partial charge in [-0.1, -0.05) is 23.7 Å². The smallest absolute Gasteiger partial charge is 0.0672 e. The highest BCUT2D eigenvalue weighted by atomic mass is 35.5. The summed E-state index contributed by atoms with van der Waals surface area (Å²) in [6.45, 7) is 3.36. The van der Waals surface area contributed by atoms with Gasteiger partial charge in [-0.15, -0.1) is 0 Å². The zero-order valence-electron chi connectivity index (χ0n) is 11.0. The Labute approximate surface area is 113 Å². The van der Waals surface area contributed by atoms with Gasteiger partial charge in [-0.25, -0.2) is 0 Å². The summed E-state index contributed by atoms with van der Waals surface area (Å²) in [5.74, 6) is 0. The molecule has 1 aromatic heterocycles. The maximum atomic E-state index is 6.33. The predicted octanol–water partition coefficient (Wildman–Crippen LogP) is 3.43. The van der Waals surface area contributed by atoms with E-state index in [2.05, 4.69) is 36.0 Å². The third-order valence-corrected chi connectivity index (χ3v) is 4.51. The highest BCUT2D eigenvalue weighted by Gasteiger charge is 2.20. The van der Waals surface area contributed by atoms with Crippen LogP contribution < -0.4 is 5.32 Å². The van der Waals surface area contributed by atoms with Gasteiger partial charge in [-0.3, -0.25) is 0 Å². The standard InChI is InChI=1S/C15H19ClN2/c1-10-13(9-11-5-4-8-17-11)12-6-3-7-14(16)15(12)18(10)2/h3,6-7,11,17H,4-5,8-9H2,1-2H3. The van der Waals surface area contributed by atoms with Crippen LogP contribution in [0.1, 0.15) is 24.1 Å². The van der Waals surface area contributed by atoms with Crippen molar-refractivity contribution in [3.05, 3.63) is 34.5 Å². The van der Waals surface area contributed by atoms with Gasteiger partial charge in [-0.2, -0.15) is 0 Å². The SMILES string of the molecule is Cc1c(CC2CCCN2)c2cccc(Cl)c2n1C. The number of aromatic nitrogens is 1. The summed E-state index contributed by atoms with van der Waals surface area (Å²) in [7, 11) is 2.11. The van der Waals surface area contributed by atoms with E-state index in [0.29, 0.717) is 6.04 Å². The van der Waals surface area contributed by atoms with Crippen molar-refractivity contribution in [1.82, 2.24) is 9.88 Å². The van der Waals surface area contributed by atoms with Crippen molar-refractivity contribution in [2.75, 3.05) is 6.54 Å². The zero-order chi connectivity index (χ0) is 12.7. The van der Waals surface area contributed by atoms with Gasteiger partial charge in [0.2, 0.25) is 0 Å². The van der Waals surface area contributed by atoms with Crippen LogP contribution in [-0.2, 0) is 13.5 Å². The first kappa shape index (κ1) is 12.1. The Bertz CT molecular complexity index is 580. The lowest BCUT2D eigenvalue weighted by Crippen LogP contribution is -2.23. The Kier molecular flexibility index (Phi) is 3.08. The number of nitrogens with zero attached hydrogens (tertiary/aromatic N) is 1. The number of hydrogen-bond donors (Lipinski definition) is 1. The number of hydrogen-bond acceptors (Lipinski definition) is 1. The fourth-order valence-corrected chi connectivity index (χ4v) is 3.40. The van der Waals surface area contributed by atoms with Gasteiger partial charge in [0.1, 0.15) is 0 Å². The third kappa shape index (κ3) is 1.84. The molecule has 0 amide bonds. The minimum atomic E-state index is 0.633. The lowest BCUT2D eigenvalue weighted by atomic mass is 10.0. The molecule has 2 heterocycles. The largest absolute Gasteiger partial charge is 0.346 e. The van der Waals surface area contributed by atoms with E-state index in [1.54, 1.807) is 0 Å². The van der Waals surface area contributed by atoms with E-state index >= 15 is 0 Å². The number of halogens is 1. The maximum absolute atomic E-state index is 6.33. The van der Waals surface area contributed by atoms with Crippen LogP contribution in [0.15, 0.2) is 18.2 Å². The van der Waals surface area contributed by atoms with Crippen molar-refractivity contribution >= 4 is 22.5 Å². The van der Waals surface area contributed by atoms with Gasteiger partial charge >= 0.3 is 0 Å². The summed E-state index contributed by atoms with van der Waals surface area (Å²) in [5.41, 5.74) is 3.96. The Morgan fingerprint density at radius 2 is 2.28 bits per heavy atom. The summed E-state index contributed by atoms with van der Waals surface area (Å²) in [6.07, 6.45) is 3.70. The van der Waals surface area contributed by atoms with Crippen molar-refractivity contribution in [3.63, 3.8) is 0 Å². The van der Waals surface area contributed by atoms with Crippen molar-refractivity contribution in [2.24, 2.45) is 7.05 Å². The Morgan fingerprint density at radius 1 is 1.44 bits per heavy atom. The van der Waals surface area contributed by atoms with E-state index in [0.717, 1.165) is 18.0 Å². The quantitative estimate of drug-likeness (QED) is 0.877. The molecule has 1 N–H and O–H groups in total. The van der Waals surface area contributed by atoms with E-state index < -0.39 is 0 Å². The highest BCUT2D eigenvalue weighted by Crippen LogP contribution is 2.31. The van der Waals surface area contributed by atoms with Crippen LogP contribution in [0.5, 0.6) is 0 Å². The lowest BCUT2D eigenvalue weighted by Gasteiger charge is -2.10. The summed E-state index contributed by atoms with van der Waals surface area (Å²) in [4.78, 5) is 0. The number of rotatable bonds is 2. The van der Waals surface area contributed by atoms with Gasteiger partial charge in [0.05, 0.1) is 10.5 Å². The molecule has 1 atom stereocenters. The van der Waals surface area contributed by atoms with Crippen LogP contribution in [-0.4, -0.2) is 17.2 Å². The van der Waals surface area contributed by atoms with Crippen LogP contribution >= 0.6 is 11.6 Å². The molecule has 3 heteroatoms. The average molecular weight is 263 g/mol. The van der Waals surface area contributed by atoms with Gasteiger partial charge in [-0.05, 0) is 44.4 Å². The second kappa shape index (κ2) is 4.60. The molecule has 1 aliphatic heterocycles. The van der Waals surface area contributed by atoms with Crippen molar-refractivity contribution in [2.45, 2.75) is 32.2 Å². The molecule has 1 unspecified atom stereocenters. The monoisotopic (exact) mass is 262 g/mol. The fourth-order valence-electron chi connectivity index (χ4n) is 3.10. The number of fused-ring (bicyclic) bond motifs is 1. The summed E-state index contributed by atoms with van der Waals surface area (Å²) in [5, 5.41) is 5.75. The second-order valence-electron chi connectivity index (χ2n) is 5.26. The molecule has 0 bridgehead atoms. The van der Waals surface area contributed by atoms with E-state index in [-0.39, 0.29) is 0 Å². The summed E-state index contributed by atoms with van der Waals surface area (Å²) >= 11 is 6.33. The number of benzene rings is 1. The molecule has 96 valence electrons.